The van der Waals surface area contributed by atoms with E-state index in [1.54, 1.807) is 6.07 Å². The Bertz CT molecular complexity index is 1530. The molecule has 2 fully saturated rings. The molecule has 0 aliphatic carbocycles. The van der Waals surface area contributed by atoms with Gasteiger partial charge in [0.1, 0.15) is 12.4 Å². The Morgan fingerprint density at radius 3 is 2.55 bits per heavy atom. The van der Waals surface area contributed by atoms with E-state index in [-0.39, 0.29) is 6.10 Å². The molecule has 0 N–H and O–H groups in total. The number of nitriles is 1. The molecule has 44 heavy (non-hydrogen) atoms. The van der Waals surface area contributed by atoms with Gasteiger partial charge in [-0.2, -0.15) is 15.2 Å². The molecule has 0 spiro atoms. The van der Waals surface area contributed by atoms with Crippen molar-refractivity contribution in [2.45, 2.75) is 26.1 Å². The van der Waals surface area contributed by atoms with Crippen molar-refractivity contribution in [1.29, 1.82) is 5.26 Å². The first-order valence-corrected chi connectivity index (χ1v) is 15.1. The lowest BCUT2D eigenvalue weighted by Gasteiger charge is -2.37. The molecule has 12 heteroatoms. The summed E-state index contributed by atoms with van der Waals surface area (Å²) in [5, 5.41) is 10.0. The minimum atomic E-state index is -0.943. The summed E-state index contributed by atoms with van der Waals surface area (Å²) in [6.45, 7) is 11.1. The van der Waals surface area contributed by atoms with Crippen molar-refractivity contribution < 1.29 is 23.4 Å². The maximum atomic E-state index is 13.5. The Labute approximate surface area is 261 Å². The molecule has 1 aromatic heterocycles. The third-order valence-electron chi connectivity index (χ3n) is 7.93. The van der Waals surface area contributed by atoms with E-state index < -0.39 is 11.7 Å². The van der Waals surface area contributed by atoms with E-state index >= 15 is 0 Å². The van der Waals surface area contributed by atoms with Crippen LogP contribution in [0.2, 0.25) is 5.02 Å². The van der Waals surface area contributed by atoms with E-state index in [0.717, 1.165) is 66.3 Å². The fourth-order valence-electron chi connectivity index (χ4n) is 5.73. The van der Waals surface area contributed by atoms with Gasteiger partial charge in [0.2, 0.25) is 0 Å². The van der Waals surface area contributed by atoms with Crippen LogP contribution < -0.4 is 9.64 Å². The molecule has 6 rings (SSSR count). The average Bonchev–Trinajstić information content (AvgIpc) is 3.04. The second-order valence-corrected chi connectivity index (χ2v) is 11.1. The minimum Gasteiger partial charge on any atom is -0.462 e. The van der Waals surface area contributed by atoms with Gasteiger partial charge in [-0.3, -0.25) is 9.69 Å². The molecule has 3 aliphatic heterocycles. The molecular weight excluding hydrogens is 587 g/mol. The molecule has 2 saturated heterocycles. The van der Waals surface area contributed by atoms with Gasteiger partial charge in [-0.05, 0) is 17.0 Å². The summed E-state index contributed by atoms with van der Waals surface area (Å²) in [6, 6.07) is 14.1. The first-order chi connectivity index (χ1) is 21.4. The van der Waals surface area contributed by atoms with Crippen molar-refractivity contribution in [1.82, 2.24) is 19.8 Å². The molecule has 3 aliphatic rings. The Morgan fingerprint density at radius 2 is 1.84 bits per heavy atom. The number of piperazine rings is 1. The lowest BCUT2D eigenvalue weighted by atomic mass is 9.94. The predicted molar refractivity (Wildman–Crippen MR) is 165 cm³/mol. The van der Waals surface area contributed by atoms with Gasteiger partial charge in [0, 0.05) is 75.1 Å². The van der Waals surface area contributed by atoms with Crippen LogP contribution >= 0.6 is 11.6 Å². The van der Waals surface area contributed by atoms with Crippen LogP contribution in [-0.4, -0.2) is 91.3 Å². The number of benzene rings is 2. The van der Waals surface area contributed by atoms with Gasteiger partial charge in [0.05, 0.1) is 37.7 Å². The number of hydrogen-bond donors (Lipinski definition) is 0. The number of amides is 1. The first kappa shape index (κ1) is 31.6. The van der Waals surface area contributed by atoms with Crippen LogP contribution in [0.1, 0.15) is 29.8 Å². The molecule has 0 saturated carbocycles. The number of halogens is 2. The van der Waals surface area contributed by atoms with Gasteiger partial charge in [-0.1, -0.05) is 48.5 Å². The molecule has 2 aromatic carbocycles. The summed E-state index contributed by atoms with van der Waals surface area (Å²) in [5.74, 6) is -0.875. The highest BCUT2D eigenvalue weighted by Gasteiger charge is 2.31. The van der Waals surface area contributed by atoms with Gasteiger partial charge >= 0.3 is 6.01 Å². The molecule has 232 valence electrons. The van der Waals surface area contributed by atoms with Crippen molar-refractivity contribution in [3.05, 3.63) is 70.6 Å². The molecule has 0 bridgehead atoms. The normalized spacial score (nSPS) is 18.5. The third-order valence-corrected chi connectivity index (χ3v) is 8.25. The van der Waals surface area contributed by atoms with Crippen LogP contribution in [0.3, 0.4) is 0 Å². The fourth-order valence-corrected chi connectivity index (χ4v) is 6.02. The number of anilines is 1. The fraction of sp³-hybridized carbons (Fsp3) is 0.438. The predicted octanol–water partition coefficient (Wildman–Crippen LogP) is 4.47. The minimum absolute atomic E-state index is 0.236. The molecule has 1 atom stereocenters. The summed E-state index contributed by atoms with van der Waals surface area (Å²) in [4.78, 5) is 27.6. The number of hydrogen-bond acceptors (Lipinski definition) is 9. The number of carbonyl (C=O) groups is 1. The van der Waals surface area contributed by atoms with Gasteiger partial charge < -0.3 is 24.0 Å². The summed E-state index contributed by atoms with van der Waals surface area (Å²) < 4.78 is 31.4. The largest absolute Gasteiger partial charge is 0.462 e. The van der Waals surface area contributed by atoms with E-state index in [1.165, 1.54) is 11.8 Å². The summed E-state index contributed by atoms with van der Waals surface area (Å²) in [7, 11) is 0. The Morgan fingerprint density at radius 1 is 1.14 bits per heavy atom. The maximum absolute atomic E-state index is 13.5. The topological polar surface area (TPSA) is 104 Å². The molecule has 1 amide bonds. The van der Waals surface area contributed by atoms with Crippen LogP contribution in [0.5, 0.6) is 6.01 Å². The lowest BCUT2D eigenvalue weighted by molar-refractivity contribution is -0.128. The van der Waals surface area contributed by atoms with Crippen molar-refractivity contribution in [3.63, 3.8) is 0 Å². The van der Waals surface area contributed by atoms with E-state index in [2.05, 4.69) is 22.4 Å². The molecule has 10 nitrogen and oxygen atoms in total. The number of nitrogens with zero attached hydrogens (tertiary/aromatic N) is 6. The number of rotatable bonds is 7. The highest BCUT2D eigenvalue weighted by Crippen LogP contribution is 2.39. The average molecular weight is 623 g/mol. The summed E-state index contributed by atoms with van der Waals surface area (Å²) in [6.07, 6.45) is 0.301. The van der Waals surface area contributed by atoms with Crippen LogP contribution in [0.4, 0.5) is 10.2 Å². The monoisotopic (exact) mass is 622 g/mol. The van der Waals surface area contributed by atoms with Gasteiger partial charge in [0.15, 0.2) is 5.83 Å². The SMILES string of the molecule is C=C(F)C(=O)N1CCN(c2nc(OCCN3CCOCC3)nc3c2COC(c2cccc4cccc(Cl)c24)C3)CC1.CC#N. The molecular formula is C32H36ClFN6O4. The highest BCUT2D eigenvalue weighted by atomic mass is 35.5. The van der Waals surface area contributed by atoms with Crippen LogP contribution in [-0.2, 0) is 27.3 Å². The Kier molecular flexibility index (Phi) is 10.6. The van der Waals surface area contributed by atoms with Gasteiger partial charge in [-0.25, -0.2) is 4.39 Å². The van der Waals surface area contributed by atoms with Gasteiger partial charge in [0.25, 0.3) is 5.91 Å². The van der Waals surface area contributed by atoms with Crippen molar-refractivity contribution in [3.8, 4) is 12.1 Å². The zero-order valence-corrected chi connectivity index (χ0v) is 25.6. The first-order valence-electron chi connectivity index (χ1n) is 14.7. The van der Waals surface area contributed by atoms with Crippen molar-refractivity contribution in [2.75, 3.05) is 70.5 Å². The third kappa shape index (κ3) is 7.27. The number of fused-ring (bicyclic) bond motifs is 2. The molecule has 3 aromatic rings. The zero-order chi connectivity index (χ0) is 31.1. The van der Waals surface area contributed by atoms with Crippen LogP contribution in [0, 0.1) is 11.3 Å². The number of ether oxygens (including phenoxy) is 3. The van der Waals surface area contributed by atoms with E-state index in [0.29, 0.717) is 56.8 Å². The zero-order valence-electron chi connectivity index (χ0n) is 24.8. The number of aromatic nitrogens is 2. The lowest BCUT2D eigenvalue weighted by Crippen LogP contribution is -2.49. The van der Waals surface area contributed by atoms with E-state index in [1.807, 2.05) is 30.3 Å². The molecule has 4 heterocycles. The molecule has 1 unspecified atom stereocenters. The maximum Gasteiger partial charge on any atom is 0.318 e. The summed E-state index contributed by atoms with van der Waals surface area (Å²) >= 11 is 6.63. The number of carbonyl (C=O) groups excluding carboxylic acids is 1. The standard InChI is InChI=1S/C30H33ClFN5O4.C2H3N/c1-20(32)29(38)37-10-8-36(9-11-37)28-23-19-41-26(22-6-2-4-21-5-3-7-24(31)27(21)22)18-25(23)33-30(34-28)40-17-14-35-12-15-39-16-13-35;1-2-3/h2-7,26H,1,8-19H2;1H3. The Hall–Kier alpha value is -3.82. The van der Waals surface area contributed by atoms with Crippen LogP contribution in [0.25, 0.3) is 10.8 Å². The van der Waals surface area contributed by atoms with Crippen molar-refractivity contribution in [2.24, 2.45) is 0 Å². The Balaban J connectivity index is 0.00000123. The quantitative estimate of drug-likeness (QED) is 0.353. The molecule has 0 radical (unpaired) electrons. The van der Waals surface area contributed by atoms with E-state index in [4.69, 9.17) is 41.0 Å². The number of morpholine rings is 1. The smallest absolute Gasteiger partial charge is 0.318 e. The summed E-state index contributed by atoms with van der Waals surface area (Å²) in [5.41, 5.74) is 2.79. The second kappa shape index (κ2) is 14.8. The van der Waals surface area contributed by atoms with Crippen molar-refractivity contribution >= 4 is 34.1 Å². The second-order valence-electron chi connectivity index (χ2n) is 10.7. The highest BCUT2D eigenvalue weighted by molar-refractivity contribution is 6.35. The van der Waals surface area contributed by atoms with E-state index in [9.17, 15) is 9.18 Å². The van der Waals surface area contributed by atoms with Crippen LogP contribution in [0.15, 0.2) is 48.8 Å². The van der Waals surface area contributed by atoms with Gasteiger partial charge in [-0.15, -0.1) is 0 Å².